The number of non-ortho nitro benzene ring substituents is 1. The van der Waals surface area contributed by atoms with E-state index in [1.54, 1.807) is 6.92 Å². The molecule has 24 heavy (non-hydrogen) atoms. The third-order valence-electron chi connectivity index (χ3n) is 2.63. The number of nitrogens with one attached hydrogen (secondary N) is 1. The standard InChI is InChI=1S/C14H13F3N2O5/c1-2-3-4-13(21)24-8-12(20)18-11-6-5-9(19(22)23)7-10(11)14(15,16)17/h3-7H,2,8H2,1H3,(H,18,20)/b4-3+. The van der Waals surface area contributed by atoms with Crippen LogP contribution in [0.3, 0.4) is 0 Å². The third kappa shape index (κ3) is 5.71. The van der Waals surface area contributed by atoms with Crippen molar-refractivity contribution in [3.05, 3.63) is 46.0 Å². The maximum Gasteiger partial charge on any atom is 0.418 e. The molecular weight excluding hydrogens is 333 g/mol. The second-order valence-electron chi connectivity index (χ2n) is 4.45. The van der Waals surface area contributed by atoms with Gasteiger partial charge in [0.2, 0.25) is 0 Å². The predicted octanol–water partition coefficient (Wildman–Crippen LogP) is 3.06. The van der Waals surface area contributed by atoms with Crippen molar-refractivity contribution in [2.24, 2.45) is 0 Å². The number of carbonyl (C=O) groups is 2. The van der Waals surface area contributed by atoms with Crippen molar-refractivity contribution in [3.8, 4) is 0 Å². The molecule has 0 saturated heterocycles. The quantitative estimate of drug-likeness (QED) is 0.369. The second kappa shape index (κ2) is 8.09. The first-order chi connectivity index (χ1) is 11.1. The molecule has 7 nitrogen and oxygen atoms in total. The Labute approximate surface area is 134 Å². The van der Waals surface area contributed by atoms with Gasteiger partial charge in [0.05, 0.1) is 16.2 Å². The highest BCUT2D eigenvalue weighted by molar-refractivity contribution is 5.94. The molecule has 0 aliphatic rings. The van der Waals surface area contributed by atoms with Crippen LogP contribution in [0.5, 0.6) is 0 Å². The van der Waals surface area contributed by atoms with Crippen LogP contribution in [0.4, 0.5) is 24.5 Å². The van der Waals surface area contributed by atoms with E-state index in [-0.39, 0.29) is 0 Å². The van der Waals surface area contributed by atoms with Crippen molar-refractivity contribution in [3.63, 3.8) is 0 Å². The molecule has 0 spiro atoms. The van der Waals surface area contributed by atoms with E-state index in [2.05, 4.69) is 4.74 Å². The van der Waals surface area contributed by atoms with Crippen molar-refractivity contribution >= 4 is 23.3 Å². The highest BCUT2D eigenvalue weighted by atomic mass is 19.4. The van der Waals surface area contributed by atoms with E-state index in [9.17, 15) is 32.9 Å². The number of amides is 1. The number of allylic oxidation sites excluding steroid dienone is 1. The van der Waals surface area contributed by atoms with Gasteiger partial charge in [0.15, 0.2) is 6.61 Å². The number of anilines is 1. The Kier molecular flexibility index (Phi) is 6.45. The van der Waals surface area contributed by atoms with Crippen LogP contribution in [0.25, 0.3) is 0 Å². The van der Waals surface area contributed by atoms with Crippen molar-refractivity contribution in [1.29, 1.82) is 0 Å². The van der Waals surface area contributed by atoms with Crippen LogP contribution in [-0.2, 0) is 20.5 Å². The molecule has 0 aliphatic heterocycles. The fourth-order valence-electron chi connectivity index (χ4n) is 1.57. The summed E-state index contributed by atoms with van der Waals surface area (Å²) in [5.74, 6) is -1.82. The lowest BCUT2D eigenvalue weighted by Crippen LogP contribution is -2.22. The maximum absolute atomic E-state index is 12.9. The van der Waals surface area contributed by atoms with Gasteiger partial charge in [-0.1, -0.05) is 13.0 Å². The number of nitro groups is 1. The average molecular weight is 346 g/mol. The summed E-state index contributed by atoms with van der Waals surface area (Å²) < 4.78 is 43.3. The fourth-order valence-corrected chi connectivity index (χ4v) is 1.57. The Morgan fingerprint density at radius 2 is 2.04 bits per heavy atom. The summed E-state index contributed by atoms with van der Waals surface area (Å²) in [6.45, 7) is 0.977. The van der Waals surface area contributed by atoms with E-state index in [1.165, 1.54) is 6.08 Å². The second-order valence-corrected chi connectivity index (χ2v) is 4.45. The number of nitro benzene ring substituents is 1. The van der Waals surface area contributed by atoms with Gasteiger partial charge in [-0.05, 0) is 12.5 Å². The molecule has 1 rings (SSSR count). The molecular formula is C14H13F3N2O5. The van der Waals surface area contributed by atoms with Gasteiger partial charge in [0.25, 0.3) is 11.6 Å². The van der Waals surface area contributed by atoms with Crippen LogP contribution in [0, 0.1) is 10.1 Å². The van der Waals surface area contributed by atoms with Crippen LogP contribution in [-0.4, -0.2) is 23.4 Å². The Bertz CT molecular complexity index is 671. The summed E-state index contributed by atoms with van der Waals surface area (Å²) in [5, 5.41) is 12.5. The zero-order valence-corrected chi connectivity index (χ0v) is 12.4. The van der Waals surface area contributed by atoms with Gasteiger partial charge in [0.1, 0.15) is 0 Å². The van der Waals surface area contributed by atoms with Crippen molar-refractivity contribution < 1.29 is 32.4 Å². The molecule has 0 unspecified atom stereocenters. The lowest BCUT2D eigenvalue weighted by Gasteiger charge is -2.13. The van der Waals surface area contributed by atoms with E-state index in [0.29, 0.717) is 12.5 Å². The van der Waals surface area contributed by atoms with Gasteiger partial charge in [-0.2, -0.15) is 13.2 Å². The van der Waals surface area contributed by atoms with Gasteiger partial charge in [-0.3, -0.25) is 14.9 Å². The van der Waals surface area contributed by atoms with E-state index >= 15 is 0 Å². The maximum atomic E-state index is 12.9. The number of hydrogen-bond donors (Lipinski definition) is 1. The summed E-state index contributed by atoms with van der Waals surface area (Å²) in [6, 6.07) is 1.89. The molecule has 130 valence electrons. The first kappa shape index (κ1) is 19.1. The van der Waals surface area contributed by atoms with Gasteiger partial charge in [-0.25, -0.2) is 4.79 Å². The molecule has 0 atom stereocenters. The summed E-state index contributed by atoms with van der Waals surface area (Å²) in [7, 11) is 0. The monoisotopic (exact) mass is 346 g/mol. The predicted molar refractivity (Wildman–Crippen MR) is 77.1 cm³/mol. The SMILES string of the molecule is CC/C=C/C(=O)OCC(=O)Nc1ccc([N+](=O)[O-])cc1C(F)(F)F. The van der Waals surface area contributed by atoms with Crippen LogP contribution in [0.15, 0.2) is 30.4 Å². The van der Waals surface area contributed by atoms with Crippen LogP contribution < -0.4 is 5.32 Å². The number of rotatable bonds is 6. The Morgan fingerprint density at radius 3 is 2.58 bits per heavy atom. The van der Waals surface area contributed by atoms with Crippen LogP contribution in [0.2, 0.25) is 0 Å². The smallest absolute Gasteiger partial charge is 0.418 e. The minimum atomic E-state index is -4.91. The first-order valence-corrected chi connectivity index (χ1v) is 6.64. The lowest BCUT2D eigenvalue weighted by molar-refractivity contribution is -0.385. The number of alkyl halides is 3. The fraction of sp³-hybridized carbons (Fsp3) is 0.286. The number of hydrogen-bond acceptors (Lipinski definition) is 5. The minimum absolute atomic E-state index is 0.311. The van der Waals surface area contributed by atoms with Gasteiger partial charge in [0, 0.05) is 18.2 Å². The molecule has 1 amide bonds. The zero-order valence-electron chi connectivity index (χ0n) is 12.4. The molecule has 1 aromatic rings. The Morgan fingerprint density at radius 1 is 1.38 bits per heavy atom. The topological polar surface area (TPSA) is 98.5 Å². The van der Waals surface area contributed by atoms with Gasteiger partial charge < -0.3 is 10.1 Å². The number of benzene rings is 1. The van der Waals surface area contributed by atoms with Crippen LogP contribution in [0.1, 0.15) is 18.9 Å². The average Bonchev–Trinajstić information content (AvgIpc) is 2.50. The lowest BCUT2D eigenvalue weighted by atomic mass is 10.1. The summed E-state index contributed by atoms with van der Waals surface area (Å²) in [4.78, 5) is 32.3. The number of carbonyl (C=O) groups excluding carboxylic acids is 2. The highest BCUT2D eigenvalue weighted by Gasteiger charge is 2.35. The molecule has 0 aromatic heterocycles. The summed E-state index contributed by atoms with van der Waals surface area (Å²) in [6.07, 6.45) is -1.77. The molecule has 1 N–H and O–H groups in total. The molecule has 1 aromatic carbocycles. The highest BCUT2D eigenvalue weighted by Crippen LogP contribution is 2.37. The number of ether oxygens (including phenoxy) is 1. The number of esters is 1. The van der Waals surface area contributed by atoms with Gasteiger partial charge >= 0.3 is 12.1 Å². The molecule has 0 radical (unpaired) electrons. The van der Waals surface area contributed by atoms with E-state index in [1.807, 2.05) is 5.32 Å². The van der Waals surface area contributed by atoms with E-state index in [0.717, 1.165) is 18.2 Å². The van der Waals surface area contributed by atoms with E-state index in [4.69, 9.17) is 0 Å². The molecule has 0 fully saturated rings. The van der Waals surface area contributed by atoms with E-state index < -0.39 is 46.5 Å². The summed E-state index contributed by atoms with van der Waals surface area (Å²) >= 11 is 0. The largest absolute Gasteiger partial charge is 0.452 e. The zero-order chi connectivity index (χ0) is 18.3. The molecule has 0 heterocycles. The molecule has 0 bridgehead atoms. The van der Waals surface area contributed by atoms with Gasteiger partial charge in [-0.15, -0.1) is 0 Å². The Balaban J connectivity index is 2.86. The van der Waals surface area contributed by atoms with Crippen LogP contribution >= 0.6 is 0 Å². The summed E-state index contributed by atoms with van der Waals surface area (Å²) in [5.41, 5.74) is -2.81. The third-order valence-corrected chi connectivity index (χ3v) is 2.63. The van der Waals surface area contributed by atoms with Crippen molar-refractivity contribution in [2.75, 3.05) is 11.9 Å². The van der Waals surface area contributed by atoms with Crippen molar-refractivity contribution in [2.45, 2.75) is 19.5 Å². The normalized spacial score (nSPS) is 11.3. The number of halogens is 3. The van der Waals surface area contributed by atoms with Crippen molar-refractivity contribution in [1.82, 2.24) is 0 Å². The molecule has 10 heteroatoms. The first-order valence-electron chi connectivity index (χ1n) is 6.64. The molecule has 0 saturated carbocycles. The minimum Gasteiger partial charge on any atom is -0.452 e. The molecule has 0 aliphatic carbocycles. The number of nitrogens with zero attached hydrogens (tertiary/aromatic N) is 1. The Hall–Kier alpha value is -2.91.